The lowest BCUT2D eigenvalue weighted by atomic mass is 9.86. The van der Waals surface area contributed by atoms with E-state index in [0.717, 1.165) is 16.6 Å². The number of benzene rings is 2. The smallest absolute Gasteiger partial charge is 0.147 e. The van der Waals surface area contributed by atoms with Gasteiger partial charge >= 0.3 is 0 Å². The molecule has 0 unspecified atom stereocenters. The zero-order chi connectivity index (χ0) is 15.9. The van der Waals surface area contributed by atoms with E-state index < -0.39 is 0 Å². The molecule has 0 spiro atoms. The monoisotopic (exact) mass is 297 g/mol. The summed E-state index contributed by atoms with van der Waals surface area (Å²) in [7, 11) is 1.61. The lowest BCUT2D eigenvalue weighted by Crippen LogP contribution is -2.13. The SMILES string of the molecule is COc1cc(-n2nc3ccccc3n2)c(O)c(C(C)(C)C)c1. The summed E-state index contributed by atoms with van der Waals surface area (Å²) >= 11 is 0. The van der Waals surface area contributed by atoms with Crippen molar-refractivity contribution in [3.63, 3.8) is 0 Å². The number of aromatic nitrogens is 3. The first kappa shape index (κ1) is 14.4. The Balaban J connectivity index is 2.25. The number of ether oxygens (including phenoxy) is 1. The van der Waals surface area contributed by atoms with Crippen molar-refractivity contribution in [1.82, 2.24) is 15.0 Å². The third kappa shape index (κ3) is 2.39. The van der Waals surface area contributed by atoms with Gasteiger partial charge in [-0.1, -0.05) is 32.9 Å². The van der Waals surface area contributed by atoms with Gasteiger partial charge in [0.25, 0.3) is 0 Å². The number of hydrogen-bond donors (Lipinski definition) is 1. The third-order valence-corrected chi connectivity index (χ3v) is 3.61. The molecule has 22 heavy (non-hydrogen) atoms. The zero-order valence-corrected chi connectivity index (χ0v) is 13.2. The van der Waals surface area contributed by atoms with Crippen LogP contribution in [0.2, 0.25) is 0 Å². The van der Waals surface area contributed by atoms with Gasteiger partial charge in [-0.05, 0) is 23.6 Å². The average Bonchev–Trinajstić information content (AvgIpc) is 2.90. The molecular weight excluding hydrogens is 278 g/mol. The molecule has 1 N–H and O–H groups in total. The largest absolute Gasteiger partial charge is 0.505 e. The summed E-state index contributed by atoms with van der Waals surface area (Å²) in [5, 5.41) is 19.5. The van der Waals surface area contributed by atoms with Gasteiger partial charge in [0.15, 0.2) is 0 Å². The number of methoxy groups -OCH3 is 1. The minimum atomic E-state index is -0.222. The molecule has 3 rings (SSSR count). The second-order valence-corrected chi connectivity index (χ2v) is 6.27. The van der Waals surface area contributed by atoms with E-state index >= 15 is 0 Å². The molecule has 114 valence electrons. The highest BCUT2D eigenvalue weighted by atomic mass is 16.5. The molecule has 1 aromatic heterocycles. The second-order valence-electron chi connectivity index (χ2n) is 6.27. The fraction of sp³-hybridized carbons (Fsp3) is 0.294. The van der Waals surface area contributed by atoms with Crippen LogP contribution in [0.3, 0.4) is 0 Å². The van der Waals surface area contributed by atoms with Gasteiger partial charge in [0.05, 0.1) is 7.11 Å². The Kier molecular flexibility index (Phi) is 3.28. The summed E-state index contributed by atoms with van der Waals surface area (Å²) in [5.74, 6) is 0.840. The molecule has 0 atom stereocenters. The molecule has 5 heteroatoms. The molecule has 0 aliphatic rings. The Bertz CT molecular complexity index is 799. The molecule has 0 amide bonds. The number of fused-ring (bicyclic) bond motifs is 1. The van der Waals surface area contributed by atoms with E-state index in [4.69, 9.17) is 4.74 Å². The summed E-state index contributed by atoms with van der Waals surface area (Å²) in [5.41, 5.74) is 2.65. The first-order valence-corrected chi connectivity index (χ1v) is 7.14. The standard InChI is InChI=1S/C17H19N3O2/c1-17(2,3)12-9-11(22-4)10-15(16(12)21)20-18-13-7-5-6-8-14(13)19-20/h5-10,21H,1-4H3. The predicted octanol–water partition coefficient (Wildman–Crippen LogP) is 3.43. The van der Waals surface area contributed by atoms with Gasteiger partial charge in [0, 0.05) is 11.6 Å². The topological polar surface area (TPSA) is 60.2 Å². The summed E-state index contributed by atoms with van der Waals surface area (Å²) in [4.78, 5) is 1.46. The maximum atomic E-state index is 10.7. The van der Waals surface area contributed by atoms with Gasteiger partial charge in [-0.15, -0.1) is 15.0 Å². The van der Waals surface area contributed by atoms with E-state index in [2.05, 4.69) is 10.2 Å². The minimum Gasteiger partial charge on any atom is -0.505 e. The van der Waals surface area contributed by atoms with E-state index in [1.807, 2.05) is 51.1 Å². The molecule has 0 radical (unpaired) electrons. The lowest BCUT2D eigenvalue weighted by molar-refractivity contribution is 0.403. The van der Waals surface area contributed by atoms with Crippen LogP contribution in [-0.2, 0) is 5.41 Å². The van der Waals surface area contributed by atoms with Gasteiger partial charge in [0.1, 0.15) is 28.2 Å². The molecule has 0 aliphatic heterocycles. The van der Waals surface area contributed by atoms with Gasteiger partial charge in [-0.2, -0.15) is 0 Å². The van der Waals surface area contributed by atoms with Crippen molar-refractivity contribution in [1.29, 1.82) is 0 Å². The number of aromatic hydroxyl groups is 1. The molecule has 0 fully saturated rings. The third-order valence-electron chi connectivity index (χ3n) is 3.61. The molecule has 0 aliphatic carbocycles. The van der Waals surface area contributed by atoms with E-state index in [1.165, 1.54) is 4.80 Å². The van der Waals surface area contributed by atoms with Crippen molar-refractivity contribution in [2.75, 3.05) is 7.11 Å². The highest BCUT2D eigenvalue weighted by Crippen LogP contribution is 2.38. The van der Waals surface area contributed by atoms with E-state index in [0.29, 0.717) is 11.4 Å². The van der Waals surface area contributed by atoms with Crippen LogP contribution in [0.1, 0.15) is 26.3 Å². The number of nitrogens with zero attached hydrogens (tertiary/aromatic N) is 3. The Morgan fingerprint density at radius 1 is 1.05 bits per heavy atom. The van der Waals surface area contributed by atoms with Crippen LogP contribution >= 0.6 is 0 Å². The van der Waals surface area contributed by atoms with Crippen LogP contribution in [0.15, 0.2) is 36.4 Å². The van der Waals surface area contributed by atoms with Crippen LogP contribution in [0.5, 0.6) is 11.5 Å². The summed E-state index contributed by atoms with van der Waals surface area (Å²) < 4.78 is 5.36. The Morgan fingerprint density at radius 2 is 1.64 bits per heavy atom. The van der Waals surface area contributed by atoms with Gasteiger partial charge < -0.3 is 9.84 Å². The molecule has 5 nitrogen and oxygen atoms in total. The van der Waals surface area contributed by atoms with Crippen LogP contribution in [0.25, 0.3) is 16.7 Å². The van der Waals surface area contributed by atoms with Crippen molar-refractivity contribution < 1.29 is 9.84 Å². The van der Waals surface area contributed by atoms with Crippen molar-refractivity contribution >= 4 is 11.0 Å². The maximum absolute atomic E-state index is 10.7. The number of phenols is 1. The normalized spacial score (nSPS) is 11.8. The second kappa shape index (κ2) is 5.02. The molecule has 3 aromatic rings. The van der Waals surface area contributed by atoms with Crippen molar-refractivity contribution in [2.45, 2.75) is 26.2 Å². The maximum Gasteiger partial charge on any atom is 0.147 e. The van der Waals surface area contributed by atoms with E-state index in [-0.39, 0.29) is 11.2 Å². The van der Waals surface area contributed by atoms with Crippen LogP contribution in [0.4, 0.5) is 0 Å². The van der Waals surface area contributed by atoms with E-state index in [1.54, 1.807) is 13.2 Å². The quantitative estimate of drug-likeness (QED) is 0.787. The molecule has 0 saturated heterocycles. The molecular formula is C17H19N3O2. The van der Waals surface area contributed by atoms with E-state index in [9.17, 15) is 5.11 Å². The van der Waals surface area contributed by atoms with Crippen molar-refractivity contribution in [2.24, 2.45) is 0 Å². The van der Waals surface area contributed by atoms with Crippen LogP contribution in [0, 0.1) is 0 Å². The fourth-order valence-electron chi connectivity index (χ4n) is 2.40. The lowest BCUT2D eigenvalue weighted by Gasteiger charge is -2.22. The van der Waals surface area contributed by atoms with Gasteiger partial charge in [-0.3, -0.25) is 0 Å². The molecule has 0 bridgehead atoms. The molecule has 1 heterocycles. The summed E-state index contributed by atoms with van der Waals surface area (Å²) in [6.07, 6.45) is 0. The van der Waals surface area contributed by atoms with Gasteiger partial charge in [0.2, 0.25) is 0 Å². The summed E-state index contributed by atoms with van der Waals surface area (Å²) in [6.45, 7) is 6.12. The Morgan fingerprint density at radius 3 is 2.14 bits per heavy atom. The highest BCUT2D eigenvalue weighted by molar-refractivity contribution is 5.74. The number of phenolic OH excluding ortho intramolecular Hbond substituents is 1. The van der Waals surface area contributed by atoms with Crippen LogP contribution < -0.4 is 4.74 Å². The average molecular weight is 297 g/mol. The predicted molar refractivity (Wildman–Crippen MR) is 85.8 cm³/mol. The minimum absolute atomic E-state index is 0.175. The first-order chi connectivity index (χ1) is 10.4. The number of hydrogen-bond acceptors (Lipinski definition) is 4. The fourth-order valence-corrected chi connectivity index (χ4v) is 2.40. The first-order valence-electron chi connectivity index (χ1n) is 7.14. The van der Waals surface area contributed by atoms with Crippen molar-refractivity contribution in [3.05, 3.63) is 42.0 Å². The van der Waals surface area contributed by atoms with Crippen LogP contribution in [-0.4, -0.2) is 27.2 Å². The number of rotatable bonds is 2. The Labute approximate surface area is 129 Å². The van der Waals surface area contributed by atoms with Crippen molar-refractivity contribution in [3.8, 4) is 17.2 Å². The zero-order valence-electron chi connectivity index (χ0n) is 13.2. The molecule has 0 saturated carbocycles. The van der Waals surface area contributed by atoms with Gasteiger partial charge in [-0.25, -0.2) is 0 Å². The molecule has 2 aromatic carbocycles. The highest BCUT2D eigenvalue weighted by Gasteiger charge is 2.23. The Hall–Kier alpha value is -2.56. The summed E-state index contributed by atoms with van der Waals surface area (Å²) in [6, 6.07) is 11.2.